The highest BCUT2D eigenvalue weighted by atomic mass is 32.2. The maximum Gasteiger partial charge on any atom is 0.336 e. The molecule has 0 heterocycles. The van der Waals surface area contributed by atoms with Gasteiger partial charge in [0.05, 0.1) is 10.5 Å². The summed E-state index contributed by atoms with van der Waals surface area (Å²) in [4.78, 5) is 12.2. The fourth-order valence-corrected chi connectivity index (χ4v) is 3.10. The molecule has 0 aliphatic heterocycles. The number of allylic oxidation sites excluding steroid dienone is 2. The quantitative estimate of drug-likeness (QED) is 0.557. The number of hydrogen-bond donors (Lipinski definition) is 3. The fourth-order valence-electron chi connectivity index (χ4n) is 2.05. The van der Waals surface area contributed by atoms with E-state index in [-0.39, 0.29) is 17.1 Å². The number of rotatable bonds is 5. The number of aromatic carboxylic acids is 1. The van der Waals surface area contributed by atoms with Gasteiger partial charge in [-0.25, -0.2) is 4.79 Å². The molecule has 120 valence electrons. The van der Waals surface area contributed by atoms with Crippen LogP contribution >= 0.6 is 11.8 Å². The minimum Gasteiger partial charge on any atom is -0.508 e. The van der Waals surface area contributed by atoms with E-state index in [1.165, 1.54) is 18.2 Å². The highest BCUT2D eigenvalue weighted by molar-refractivity contribution is 7.99. The summed E-state index contributed by atoms with van der Waals surface area (Å²) in [5.41, 5.74) is 1.87. The van der Waals surface area contributed by atoms with E-state index in [1.54, 1.807) is 18.2 Å². The maximum atomic E-state index is 11.3. The maximum absolute atomic E-state index is 11.3. The molecule has 3 N–H and O–H groups in total. The van der Waals surface area contributed by atoms with E-state index in [0.717, 1.165) is 17.3 Å². The van der Waals surface area contributed by atoms with Crippen molar-refractivity contribution < 1.29 is 20.1 Å². The summed E-state index contributed by atoms with van der Waals surface area (Å²) < 4.78 is 0. The number of carbonyl (C=O) groups is 1. The first-order chi connectivity index (χ1) is 10.9. The molecule has 0 aliphatic rings. The van der Waals surface area contributed by atoms with Crippen LogP contribution in [0.5, 0.6) is 11.5 Å². The number of phenols is 2. The summed E-state index contributed by atoms with van der Waals surface area (Å²) in [6, 6.07) is 9.52. The number of benzene rings is 2. The fraction of sp³-hybridized carbons (Fsp3) is 0.167. The molecule has 4 nitrogen and oxygen atoms in total. The van der Waals surface area contributed by atoms with Crippen LogP contribution in [0.4, 0.5) is 0 Å². The molecule has 0 fully saturated rings. The molecular weight excluding hydrogens is 312 g/mol. The Morgan fingerprint density at radius 1 is 1.13 bits per heavy atom. The Labute approximate surface area is 139 Å². The Kier molecular flexibility index (Phi) is 5.34. The highest BCUT2D eigenvalue weighted by Crippen LogP contribution is 2.40. The summed E-state index contributed by atoms with van der Waals surface area (Å²) in [5, 5.41) is 29.5. The zero-order valence-electron chi connectivity index (χ0n) is 12.9. The van der Waals surface area contributed by atoms with Crippen LogP contribution in [0.3, 0.4) is 0 Å². The number of aromatic hydroxyl groups is 2. The summed E-state index contributed by atoms with van der Waals surface area (Å²) in [6.07, 6.45) is 2.45. The van der Waals surface area contributed by atoms with E-state index in [2.05, 4.69) is 0 Å². The van der Waals surface area contributed by atoms with E-state index >= 15 is 0 Å². The van der Waals surface area contributed by atoms with Crippen LogP contribution in [0.25, 0.3) is 0 Å². The second-order valence-corrected chi connectivity index (χ2v) is 6.42. The third kappa shape index (κ3) is 4.29. The summed E-state index contributed by atoms with van der Waals surface area (Å²) >= 11 is 1.12. The first-order valence-electron chi connectivity index (χ1n) is 7.07. The van der Waals surface area contributed by atoms with Crippen LogP contribution in [-0.4, -0.2) is 21.3 Å². The summed E-state index contributed by atoms with van der Waals surface area (Å²) in [6.45, 7) is 3.91. The van der Waals surface area contributed by atoms with E-state index < -0.39 is 5.97 Å². The van der Waals surface area contributed by atoms with Crippen LogP contribution in [0.2, 0.25) is 0 Å². The van der Waals surface area contributed by atoms with Crippen molar-refractivity contribution in [2.45, 2.75) is 30.1 Å². The molecule has 0 bridgehead atoms. The van der Waals surface area contributed by atoms with Gasteiger partial charge in [-0.05, 0) is 44.5 Å². The molecule has 0 spiro atoms. The summed E-state index contributed by atoms with van der Waals surface area (Å²) in [5.74, 6) is -0.932. The topological polar surface area (TPSA) is 77.8 Å². The van der Waals surface area contributed by atoms with Gasteiger partial charge in [-0.1, -0.05) is 35.5 Å². The molecule has 5 heteroatoms. The number of carboxylic acids is 1. The Balaban J connectivity index is 2.41. The first kappa shape index (κ1) is 17.0. The van der Waals surface area contributed by atoms with Crippen molar-refractivity contribution in [1.82, 2.24) is 0 Å². The third-order valence-electron chi connectivity index (χ3n) is 3.21. The number of phenolic OH excluding ortho intramolecular Hbond substituents is 2. The Hall–Kier alpha value is -2.40. The second-order valence-electron chi connectivity index (χ2n) is 5.34. The zero-order chi connectivity index (χ0) is 17.0. The van der Waals surface area contributed by atoms with Crippen molar-refractivity contribution in [3.8, 4) is 11.5 Å². The smallest absolute Gasteiger partial charge is 0.336 e. The predicted molar refractivity (Wildman–Crippen MR) is 90.4 cm³/mol. The molecule has 0 saturated heterocycles. The van der Waals surface area contributed by atoms with Crippen molar-refractivity contribution in [1.29, 1.82) is 0 Å². The average Bonchev–Trinajstić information content (AvgIpc) is 2.49. The molecule has 0 aromatic heterocycles. The molecule has 2 rings (SSSR count). The minimum atomic E-state index is -1.03. The summed E-state index contributed by atoms with van der Waals surface area (Å²) in [7, 11) is 0. The van der Waals surface area contributed by atoms with Crippen molar-refractivity contribution in [2.75, 3.05) is 0 Å². The van der Waals surface area contributed by atoms with Crippen LogP contribution in [0.1, 0.15) is 29.8 Å². The van der Waals surface area contributed by atoms with Crippen molar-refractivity contribution in [3.63, 3.8) is 0 Å². The highest BCUT2D eigenvalue weighted by Gasteiger charge is 2.15. The van der Waals surface area contributed by atoms with E-state index in [9.17, 15) is 20.1 Å². The molecule has 0 radical (unpaired) electrons. The average molecular weight is 330 g/mol. The SMILES string of the molecule is CC(C)=CCc1cc(O)cc(Sc2ccccc2C(=O)O)c1O. The van der Waals surface area contributed by atoms with Gasteiger partial charge in [0.2, 0.25) is 0 Å². The van der Waals surface area contributed by atoms with Gasteiger partial charge < -0.3 is 15.3 Å². The molecule has 0 saturated carbocycles. The van der Waals surface area contributed by atoms with Crippen molar-refractivity contribution >= 4 is 17.7 Å². The standard InChI is InChI=1S/C18H18O4S/c1-11(2)7-8-12-9-13(19)10-16(17(12)20)23-15-6-4-3-5-14(15)18(21)22/h3-7,9-10,19-20H,8H2,1-2H3,(H,21,22). The van der Waals surface area contributed by atoms with Gasteiger partial charge in [0, 0.05) is 10.5 Å². The van der Waals surface area contributed by atoms with Crippen LogP contribution in [0, 0.1) is 0 Å². The van der Waals surface area contributed by atoms with Crippen LogP contribution in [0.15, 0.2) is 57.8 Å². The molecule has 0 amide bonds. The Morgan fingerprint density at radius 3 is 2.48 bits per heavy atom. The van der Waals surface area contributed by atoms with Gasteiger partial charge in [0.25, 0.3) is 0 Å². The van der Waals surface area contributed by atoms with E-state index in [1.807, 2.05) is 19.9 Å². The molecule has 0 unspecified atom stereocenters. The molecule has 2 aromatic carbocycles. The number of carboxylic acid groups (broad SMARTS) is 1. The van der Waals surface area contributed by atoms with Gasteiger partial charge >= 0.3 is 5.97 Å². The van der Waals surface area contributed by atoms with Gasteiger partial charge in [0.15, 0.2) is 0 Å². The van der Waals surface area contributed by atoms with E-state index in [0.29, 0.717) is 21.8 Å². The monoisotopic (exact) mass is 330 g/mol. The van der Waals surface area contributed by atoms with Crippen LogP contribution in [-0.2, 0) is 6.42 Å². The lowest BCUT2D eigenvalue weighted by Gasteiger charge is -2.11. The number of hydrogen-bond acceptors (Lipinski definition) is 4. The van der Waals surface area contributed by atoms with Crippen molar-refractivity contribution in [2.24, 2.45) is 0 Å². The minimum absolute atomic E-state index is 0.0373. The molecular formula is C18H18O4S. The van der Waals surface area contributed by atoms with Gasteiger partial charge in [0.1, 0.15) is 11.5 Å². The van der Waals surface area contributed by atoms with Gasteiger partial charge in [-0.3, -0.25) is 0 Å². The van der Waals surface area contributed by atoms with Crippen LogP contribution < -0.4 is 0 Å². The van der Waals surface area contributed by atoms with E-state index in [4.69, 9.17) is 0 Å². The lowest BCUT2D eigenvalue weighted by atomic mass is 10.1. The lowest BCUT2D eigenvalue weighted by Crippen LogP contribution is -1.98. The van der Waals surface area contributed by atoms with Gasteiger partial charge in [-0.2, -0.15) is 0 Å². The molecule has 0 atom stereocenters. The first-order valence-corrected chi connectivity index (χ1v) is 7.88. The zero-order valence-corrected chi connectivity index (χ0v) is 13.7. The predicted octanol–water partition coefficient (Wildman–Crippen LogP) is 4.46. The largest absolute Gasteiger partial charge is 0.508 e. The van der Waals surface area contributed by atoms with Crippen molar-refractivity contribution in [3.05, 3.63) is 59.2 Å². The molecule has 23 heavy (non-hydrogen) atoms. The molecule has 2 aromatic rings. The lowest BCUT2D eigenvalue weighted by molar-refractivity contribution is 0.0693. The second kappa shape index (κ2) is 7.24. The Morgan fingerprint density at radius 2 is 1.83 bits per heavy atom. The normalized spacial score (nSPS) is 10.3. The van der Waals surface area contributed by atoms with Gasteiger partial charge in [-0.15, -0.1) is 0 Å². The molecule has 0 aliphatic carbocycles. The Bertz CT molecular complexity index is 762. The third-order valence-corrected chi connectivity index (χ3v) is 4.31.